The lowest BCUT2D eigenvalue weighted by Gasteiger charge is -2.26. The number of benzene rings is 3. The van der Waals surface area contributed by atoms with E-state index in [9.17, 15) is 10.1 Å². The van der Waals surface area contributed by atoms with Gasteiger partial charge in [0.15, 0.2) is 0 Å². The van der Waals surface area contributed by atoms with E-state index in [1.165, 1.54) is 6.08 Å². The summed E-state index contributed by atoms with van der Waals surface area (Å²) in [7, 11) is 0. The minimum absolute atomic E-state index is 0.00373. The van der Waals surface area contributed by atoms with Gasteiger partial charge in [0, 0.05) is 27.8 Å². The summed E-state index contributed by atoms with van der Waals surface area (Å²) in [5.74, 6) is 0.398. The Bertz CT molecular complexity index is 1410. The van der Waals surface area contributed by atoms with Gasteiger partial charge >= 0.3 is 5.97 Å². The van der Waals surface area contributed by atoms with Crippen molar-refractivity contribution in [2.24, 2.45) is 5.73 Å². The zero-order chi connectivity index (χ0) is 26.4. The Hall–Kier alpha value is -3.92. The van der Waals surface area contributed by atoms with Crippen LogP contribution in [0.15, 0.2) is 78.2 Å². The Labute approximate surface area is 225 Å². The Kier molecular flexibility index (Phi) is 8.39. The van der Waals surface area contributed by atoms with Crippen molar-refractivity contribution >= 4 is 35.2 Å². The molecule has 0 aromatic heterocycles. The van der Waals surface area contributed by atoms with Crippen LogP contribution in [0.4, 0.5) is 0 Å². The van der Waals surface area contributed by atoms with Gasteiger partial charge in [-0.15, -0.1) is 0 Å². The minimum atomic E-state index is -0.599. The number of unbranched alkanes of at least 4 members (excludes halogenated alkanes) is 1. The van der Waals surface area contributed by atoms with Crippen molar-refractivity contribution in [1.29, 1.82) is 5.26 Å². The van der Waals surface area contributed by atoms with Crippen LogP contribution in [0.2, 0.25) is 10.0 Å². The fraction of sp³-hybridized carbons (Fsp3) is 0.172. The summed E-state index contributed by atoms with van der Waals surface area (Å²) in [6.07, 6.45) is 4.84. The quantitative estimate of drug-likeness (QED) is 0.144. The van der Waals surface area contributed by atoms with Gasteiger partial charge in [0.25, 0.3) is 0 Å². The van der Waals surface area contributed by atoms with Gasteiger partial charge in [0.1, 0.15) is 28.9 Å². The molecule has 0 aliphatic carbocycles. The van der Waals surface area contributed by atoms with Gasteiger partial charge in [0.05, 0.1) is 12.5 Å². The highest BCUT2D eigenvalue weighted by atomic mass is 35.5. The van der Waals surface area contributed by atoms with Crippen LogP contribution in [0.3, 0.4) is 0 Å². The number of carbonyl (C=O) groups excluding carboxylic acids is 1. The van der Waals surface area contributed by atoms with E-state index < -0.39 is 11.9 Å². The molecular weight excluding hydrogens is 511 g/mol. The van der Waals surface area contributed by atoms with Crippen molar-refractivity contribution in [2.75, 3.05) is 6.61 Å². The molecule has 1 aliphatic heterocycles. The molecule has 0 fully saturated rings. The van der Waals surface area contributed by atoms with Crippen LogP contribution < -0.4 is 19.9 Å². The molecule has 4 rings (SSSR count). The Balaban J connectivity index is 1.54. The molecule has 1 atom stereocenters. The van der Waals surface area contributed by atoms with Crippen LogP contribution >= 0.6 is 23.2 Å². The third kappa shape index (κ3) is 6.26. The average Bonchev–Trinajstić information content (AvgIpc) is 2.88. The zero-order valence-electron chi connectivity index (χ0n) is 20.0. The molecule has 2 N–H and O–H groups in total. The maximum atomic E-state index is 12.4. The molecule has 6 nitrogen and oxygen atoms in total. The predicted molar refractivity (Wildman–Crippen MR) is 144 cm³/mol. The number of nitriles is 1. The summed E-state index contributed by atoms with van der Waals surface area (Å²) in [5, 5.41) is 10.7. The molecule has 1 aliphatic rings. The smallest absolute Gasteiger partial charge is 0.336 e. The second-order valence-electron chi connectivity index (χ2n) is 8.32. The number of nitrogens with two attached hydrogens (primary N) is 1. The van der Waals surface area contributed by atoms with Crippen molar-refractivity contribution in [2.45, 2.75) is 25.7 Å². The second-order valence-corrected chi connectivity index (χ2v) is 9.16. The SMILES string of the molecule is CCCCOc1ccc(C2C(C#N)=C(N)Oc3cc(OC(=O)/C=C/c4ccc(Cl)cc4Cl)ccc32)cc1. The first-order valence-electron chi connectivity index (χ1n) is 11.7. The van der Waals surface area contributed by atoms with E-state index in [2.05, 4.69) is 13.0 Å². The maximum absolute atomic E-state index is 12.4. The van der Waals surface area contributed by atoms with Gasteiger partial charge in [-0.05, 0) is 54.0 Å². The van der Waals surface area contributed by atoms with E-state index in [1.807, 2.05) is 24.3 Å². The fourth-order valence-electron chi connectivity index (χ4n) is 3.88. The summed E-state index contributed by atoms with van der Waals surface area (Å²) in [5.41, 5.74) is 8.62. The topological polar surface area (TPSA) is 94.6 Å². The largest absolute Gasteiger partial charge is 0.494 e. The zero-order valence-corrected chi connectivity index (χ0v) is 21.6. The van der Waals surface area contributed by atoms with E-state index in [0.29, 0.717) is 33.5 Å². The first-order chi connectivity index (χ1) is 17.9. The van der Waals surface area contributed by atoms with Gasteiger partial charge < -0.3 is 19.9 Å². The molecule has 8 heteroatoms. The molecule has 0 saturated heterocycles. The van der Waals surface area contributed by atoms with Gasteiger partial charge in [-0.25, -0.2) is 4.79 Å². The molecule has 0 spiro atoms. The Morgan fingerprint density at radius 1 is 1.11 bits per heavy atom. The highest BCUT2D eigenvalue weighted by Crippen LogP contribution is 2.43. The lowest BCUT2D eigenvalue weighted by atomic mass is 9.83. The number of hydrogen-bond acceptors (Lipinski definition) is 6. The van der Waals surface area contributed by atoms with Gasteiger partial charge in [-0.1, -0.05) is 60.8 Å². The Morgan fingerprint density at radius 2 is 1.86 bits per heavy atom. The summed E-state index contributed by atoms with van der Waals surface area (Å²) in [6.45, 7) is 2.76. The molecule has 0 radical (unpaired) electrons. The standard InChI is InChI=1S/C29H24Cl2N2O4/c1-2-3-14-35-21-9-5-19(6-10-21)28-23-12-11-22(16-26(23)37-29(33)24(28)17-32)36-27(34)13-7-18-4-8-20(30)15-25(18)31/h4-13,15-16,28H,2-3,14,33H2,1H3/b13-7+. The molecule has 0 saturated carbocycles. The minimum Gasteiger partial charge on any atom is -0.494 e. The number of nitrogens with zero attached hydrogens (tertiary/aromatic N) is 1. The van der Waals surface area contributed by atoms with E-state index >= 15 is 0 Å². The molecule has 0 amide bonds. The van der Waals surface area contributed by atoms with Crippen LogP contribution in [0, 0.1) is 11.3 Å². The van der Waals surface area contributed by atoms with Crippen molar-refractivity contribution in [3.63, 3.8) is 0 Å². The summed E-state index contributed by atoms with van der Waals surface area (Å²) in [6, 6.07) is 19.7. The van der Waals surface area contributed by atoms with E-state index in [1.54, 1.807) is 42.5 Å². The first-order valence-corrected chi connectivity index (χ1v) is 12.4. The van der Waals surface area contributed by atoms with Crippen molar-refractivity contribution < 1.29 is 19.0 Å². The number of hydrogen-bond donors (Lipinski definition) is 1. The molecule has 3 aromatic rings. The predicted octanol–water partition coefficient (Wildman–Crippen LogP) is 7.01. The molecule has 37 heavy (non-hydrogen) atoms. The molecule has 1 heterocycles. The Morgan fingerprint density at radius 3 is 2.57 bits per heavy atom. The van der Waals surface area contributed by atoms with Crippen LogP contribution in [0.5, 0.6) is 17.2 Å². The number of fused-ring (bicyclic) bond motifs is 1. The highest BCUT2D eigenvalue weighted by molar-refractivity contribution is 6.35. The van der Waals surface area contributed by atoms with Gasteiger partial charge in [-0.2, -0.15) is 5.26 Å². The maximum Gasteiger partial charge on any atom is 0.336 e. The number of esters is 1. The average molecular weight is 535 g/mol. The van der Waals surface area contributed by atoms with E-state index in [4.69, 9.17) is 43.1 Å². The summed E-state index contributed by atoms with van der Waals surface area (Å²) >= 11 is 12.0. The molecular formula is C29H24Cl2N2O4. The molecule has 3 aromatic carbocycles. The third-order valence-corrected chi connectivity index (χ3v) is 6.31. The van der Waals surface area contributed by atoms with E-state index in [0.717, 1.165) is 29.7 Å². The lowest BCUT2D eigenvalue weighted by Crippen LogP contribution is -2.21. The van der Waals surface area contributed by atoms with E-state index in [-0.39, 0.29) is 11.6 Å². The summed E-state index contributed by atoms with van der Waals surface area (Å²) < 4.78 is 16.9. The molecule has 188 valence electrons. The van der Waals surface area contributed by atoms with Crippen LogP contribution in [-0.4, -0.2) is 12.6 Å². The molecule has 0 bridgehead atoms. The van der Waals surface area contributed by atoms with Crippen LogP contribution in [0.25, 0.3) is 6.08 Å². The van der Waals surface area contributed by atoms with Crippen LogP contribution in [-0.2, 0) is 4.79 Å². The van der Waals surface area contributed by atoms with Crippen molar-refractivity contribution in [3.05, 3.63) is 105 Å². The monoisotopic (exact) mass is 534 g/mol. The van der Waals surface area contributed by atoms with Crippen molar-refractivity contribution in [1.82, 2.24) is 0 Å². The fourth-order valence-corrected chi connectivity index (χ4v) is 4.35. The highest BCUT2D eigenvalue weighted by Gasteiger charge is 2.31. The number of ether oxygens (including phenoxy) is 3. The number of halogens is 2. The van der Waals surface area contributed by atoms with Gasteiger partial charge in [-0.3, -0.25) is 0 Å². The van der Waals surface area contributed by atoms with Crippen molar-refractivity contribution in [3.8, 4) is 23.3 Å². The number of allylic oxidation sites excluding steroid dienone is 1. The van der Waals surface area contributed by atoms with Crippen LogP contribution in [0.1, 0.15) is 42.4 Å². The molecule has 1 unspecified atom stereocenters. The first kappa shape index (κ1) is 26.2. The van der Waals surface area contributed by atoms with Gasteiger partial charge in [0.2, 0.25) is 5.88 Å². The number of rotatable bonds is 8. The summed E-state index contributed by atoms with van der Waals surface area (Å²) in [4.78, 5) is 12.4. The second kappa shape index (κ2) is 11.9. The number of carbonyl (C=O) groups is 1. The third-order valence-electron chi connectivity index (χ3n) is 5.75. The normalized spacial score (nSPS) is 14.6. The lowest BCUT2D eigenvalue weighted by molar-refractivity contribution is -0.128.